The van der Waals surface area contributed by atoms with Gasteiger partial charge in [0.15, 0.2) is 0 Å². The first-order chi connectivity index (χ1) is 9.10. The van der Waals surface area contributed by atoms with Gasteiger partial charge in [0.05, 0.1) is 11.6 Å². The molecule has 0 atom stereocenters. The fraction of sp³-hybridized carbons (Fsp3) is 0.200. The van der Waals surface area contributed by atoms with Crippen molar-refractivity contribution in [2.75, 3.05) is 12.4 Å². The maximum atomic E-state index is 9.79. The van der Waals surface area contributed by atoms with E-state index in [1.807, 2.05) is 37.3 Å². The molecule has 0 aliphatic heterocycles. The zero-order valence-electron chi connectivity index (χ0n) is 10.9. The summed E-state index contributed by atoms with van der Waals surface area (Å²) in [5, 5.41) is 13.1. The van der Waals surface area contributed by atoms with Crippen molar-refractivity contribution < 1.29 is 9.84 Å². The summed E-state index contributed by atoms with van der Waals surface area (Å²) >= 11 is 3.41. The number of hydrogen-bond donors (Lipinski definition) is 2. The fourth-order valence-corrected chi connectivity index (χ4v) is 2.23. The average molecular weight is 322 g/mol. The van der Waals surface area contributed by atoms with Gasteiger partial charge in [-0.2, -0.15) is 0 Å². The van der Waals surface area contributed by atoms with Gasteiger partial charge in [-0.3, -0.25) is 0 Å². The van der Waals surface area contributed by atoms with Gasteiger partial charge in [0, 0.05) is 23.9 Å². The molecule has 0 saturated carbocycles. The summed E-state index contributed by atoms with van der Waals surface area (Å²) in [5.41, 5.74) is 2.95. The number of rotatable bonds is 4. The Hall–Kier alpha value is -1.68. The van der Waals surface area contributed by atoms with Crippen LogP contribution in [0.3, 0.4) is 0 Å². The van der Waals surface area contributed by atoms with Crippen LogP contribution in [0.1, 0.15) is 11.1 Å². The lowest BCUT2D eigenvalue weighted by Crippen LogP contribution is -2.00. The summed E-state index contributed by atoms with van der Waals surface area (Å²) in [6.45, 7) is 2.57. The Morgan fingerprint density at radius 2 is 2.00 bits per heavy atom. The summed E-state index contributed by atoms with van der Waals surface area (Å²) < 4.78 is 6.16. The Morgan fingerprint density at radius 3 is 2.74 bits per heavy atom. The van der Waals surface area contributed by atoms with E-state index in [2.05, 4.69) is 21.2 Å². The van der Waals surface area contributed by atoms with Crippen LogP contribution >= 0.6 is 15.9 Å². The average Bonchev–Trinajstić information content (AvgIpc) is 2.41. The van der Waals surface area contributed by atoms with Crippen LogP contribution in [0.15, 0.2) is 40.9 Å². The number of phenols is 1. The van der Waals surface area contributed by atoms with E-state index in [0.29, 0.717) is 12.3 Å². The third-order valence-corrected chi connectivity index (χ3v) is 3.52. The first-order valence-electron chi connectivity index (χ1n) is 5.96. The summed E-state index contributed by atoms with van der Waals surface area (Å²) in [5.74, 6) is 1.08. The number of hydrogen-bond acceptors (Lipinski definition) is 3. The first-order valence-corrected chi connectivity index (χ1v) is 6.75. The molecule has 0 aliphatic rings. The maximum absolute atomic E-state index is 9.79. The quantitative estimate of drug-likeness (QED) is 0.891. The van der Waals surface area contributed by atoms with Crippen LogP contribution in [0.5, 0.6) is 11.5 Å². The zero-order chi connectivity index (χ0) is 13.8. The highest BCUT2D eigenvalue weighted by molar-refractivity contribution is 9.10. The SMILES string of the molecule is COc1cc(NCc2cc(C)ccc2O)ccc1Br. The molecule has 0 aromatic heterocycles. The molecule has 0 aliphatic carbocycles. The maximum Gasteiger partial charge on any atom is 0.135 e. The fourth-order valence-electron chi connectivity index (χ4n) is 1.82. The molecule has 0 spiro atoms. The Balaban J connectivity index is 2.12. The van der Waals surface area contributed by atoms with Crippen LogP contribution in [-0.2, 0) is 6.54 Å². The third kappa shape index (κ3) is 3.41. The Kier molecular flexibility index (Phi) is 4.32. The van der Waals surface area contributed by atoms with Gasteiger partial charge in [0.25, 0.3) is 0 Å². The van der Waals surface area contributed by atoms with Crippen LogP contribution < -0.4 is 10.1 Å². The van der Waals surface area contributed by atoms with Crippen molar-refractivity contribution in [1.82, 2.24) is 0 Å². The molecular formula is C15H16BrNO2. The lowest BCUT2D eigenvalue weighted by molar-refractivity contribution is 0.412. The number of aromatic hydroxyl groups is 1. The van der Waals surface area contributed by atoms with Crippen molar-refractivity contribution in [1.29, 1.82) is 0 Å². The van der Waals surface area contributed by atoms with E-state index in [9.17, 15) is 5.11 Å². The molecule has 0 heterocycles. The lowest BCUT2D eigenvalue weighted by atomic mass is 10.1. The molecular weight excluding hydrogens is 306 g/mol. The number of nitrogens with one attached hydrogen (secondary N) is 1. The summed E-state index contributed by atoms with van der Waals surface area (Å²) in [6, 6.07) is 11.4. The highest BCUT2D eigenvalue weighted by Gasteiger charge is 2.04. The second kappa shape index (κ2) is 5.97. The summed E-state index contributed by atoms with van der Waals surface area (Å²) in [4.78, 5) is 0. The molecule has 2 aromatic carbocycles. The van der Waals surface area contributed by atoms with Gasteiger partial charge in [-0.1, -0.05) is 17.7 Å². The van der Waals surface area contributed by atoms with Crippen LogP contribution in [0.4, 0.5) is 5.69 Å². The number of ether oxygens (including phenoxy) is 1. The smallest absolute Gasteiger partial charge is 0.135 e. The topological polar surface area (TPSA) is 41.5 Å². The van der Waals surface area contributed by atoms with E-state index in [-0.39, 0.29) is 0 Å². The number of methoxy groups -OCH3 is 1. The Morgan fingerprint density at radius 1 is 1.21 bits per heavy atom. The number of phenolic OH excluding ortho intramolecular Hbond substituents is 1. The van der Waals surface area contributed by atoms with Crippen molar-refractivity contribution in [3.63, 3.8) is 0 Å². The van der Waals surface area contributed by atoms with Crippen LogP contribution in [0.25, 0.3) is 0 Å². The molecule has 100 valence electrons. The highest BCUT2D eigenvalue weighted by Crippen LogP contribution is 2.28. The van der Waals surface area contributed by atoms with E-state index in [1.54, 1.807) is 13.2 Å². The second-order valence-electron chi connectivity index (χ2n) is 4.34. The van der Waals surface area contributed by atoms with Gasteiger partial charge >= 0.3 is 0 Å². The Labute approximate surface area is 121 Å². The van der Waals surface area contributed by atoms with Gasteiger partial charge in [0.2, 0.25) is 0 Å². The summed E-state index contributed by atoms with van der Waals surface area (Å²) in [7, 11) is 1.64. The van der Waals surface area contributed by atoms with Crippen LogP contribution in [0, 0.1) is 6.92 Å². The molecule has 19 heavy (non-hydrogen) atoms. The van der Waals surface area contributed by atoms with Gasteiger partial charge in [0.1, 0.15) is 11.5 Å². The number of anilines is 1. The van der Waals surface area contributed by atoms with Gasteiger partial charge < -0.3 is 15.2 Å². The molecule has 0 amide bonds. The first kappa shape index (κ1) is 13.7. The van der Waals surface area contributed by atoms with E-state index in [4.69, 9.17) is 4.74 Å². The lowest BCUT2D eigenvalue weighted by Gasteiger charge is -2.11. The molecule has 2 N–H and O–H groups in total. The number of aryl methyl sites for hydroxylation is 1. The largest absolute Gasteiger partial charge is 0.508 e. The highest BCUT2D eigenvalue weighted by atomic mass is 79.9. The van der Waals surface area contributed by atoms with Crippen LogP contribution in [-0.4, -0.2) is 12.2 Å². The zero-order valence-corrected chi connectivity index (χ0v) is 12.5. The summed E-state index contributed by atoms with van der Waals surface area (Å²) in [6.07, 6.45) is 0. The minimum atomic E-state index is 0.308. The predicted molar refractivity (Wildman–Crippen MR) is 80.9 cm³/mol. The van der Waals surface area contributed by atoms with E-state index >= 15 is 0 Å². The predicted octanol–water partition coefficient (Wildman–Crippen LogP) is 4.08. The monoisotopic (exact) mass is 321 g/mol. The second-order valence-corrected chi connectivity index (χ2v) is 5.19. The molecule has 4 heteroatoms. The minimum absolute atomic E-state index is 0.308. The van der Waals surface area contributed by atoms with Crippen molar-refractivity contribution in [2.24, 2.45) is 0 Å². The molecule has 2 aromatic rings. The standard InChI is InChI=1S/C15H16BrNO2/c1-10-3-6-14(18)11(7-10)9-17-12-4-5-13(16)15(8-12)19-2/h3-8,17-18H,9H2,1-2H3. The molecule has 2 rings (SSSR count). The molecule has 0 saturated heterocycles. The number of halogens is 1. The van der Waals surface area contributed by atoms with E-state index in [0.717, 1.165) is 27.0 Å². The van der Waals surface area contributed by atoms with Gasteiger partial charge in [-0.15, -0.1) is 0 Å². The van der Waals surface area contributed by atoms with Crippen molar-refractivity contribution in [2.45, 2.75) is 13.5 Å². The van der Waals surface area contributed by atoms with E-state index in [1.165, 1.54) is 0 Å². The molecule has 0 fully saturated rings. The molecule has 0 bridgehead atoms. The molecule has 0 radical (unpaired) electrons. The van der Waals surface area contributed by atoms with Crippen molar-refractivity contribution in [3.05, 3.63) is 52.0 Å². The van der Waals surface area contributed by atoms with Gasteiger partial charge in [-0.05, 0) is 41.1 Å². The molecule has 0 unspecified atom stereocenters. The Bertz CT molecular complexity index is 584. The normalized spacial score (nSPS) is 10.3. The van der Waals surface area contributed by atoms with E-state index < -0.39 is 0 Å². The van der Waals surface area contributed by atoms with Crippen molar-refractivity contribution in [3.8, 4) is 11.5 Å². The van der Waals surface area contributed by atoms with Crippen molar-refractivity contribution >= 4 is 21.6 Å². The molecule has 3 nitrogen and oxygen atoms in total. The van der Waals surface area contributed by atoms with Gasteiger partial charge in [-0.25, -0.2) is 0 Å². The number of benzene rings is 2. The van der Waals surface area contributed by atoms with Crippen LogP contribution in [0.2, 0.25) is 0 Å². The third-order valence-electron chi connectivity index (χ3n) is 2.87. The minimum Gasteiger partial charge on any atom is -0.508 e.